The average Bonchev–Trinajstić information content (AvgIpc) is 3.15. The van der Waals surface area contributed by atoms with Crippen molar-refractivity contribution in [1.29, 1.82) is 0 Å². The Bertz CT molecular complexity index is 915. The van der Waals surface area contributed by atoms with Gasteiger partial charge in [0.25, 0.3) is 5.91 Å². The SMILES string of the molecule is CC(Oc1ccc(Cl)cc1Br)C(=O)NCc1cccc(Cn2ccnc2)c1. The molecule has 0 radical (unpaired) electrons. The van der Waals surface area contributed by atoms with Crippen molar-refractivity contribution in [2.24, 2.45) is 0 Å². The number of amides is 1. The van der Waals surface area contributed by atoms with Crippen LogP contribution in [0.5, 0.6) is 5.75 Å². The monoisotopic (exact) mass is 447 g/mol. The Kier molecular flexibility index (Phi) is 6.53. The molecular formula is C20H19BrClN3O2. The summed E-state index contributed by atoms with van der Waals surface area (Å²) in [5.41, 5.74) is 2.18. The number of imidazole rings is 1. The van der Waals surface area contributed by atoms with Crippen molar-refractivity contribution in [2.75, 3.05) is 0 Å². The molecule has 0 saturated carbocycles. The van der Waals surface area contributed by atoms with Crippen molar-refractivity contribution in [2.45, 2.75) is 26.1 Å². The van der Waals surface area contributed by atoms with Crippen LogP contribution in [-0.4, -0.2) is 21.6 Å². The van der Waals surface area contributed by atoms with Gasteiger partial charge in [-0.3, -0.25) is 4.79 Å². The molecule has 2 aromatic carbocycles. The number of carbonyl (C=O) groups is 1. The van der Waals surface area contributed by atoms with Crippen molar-refractivity contribution in [3.8, 4) is 5.75 Å². The van der Waals surface area contributed by atoms with Crippen LogP contribution in [0.1, 0.15) is 18.1 Å². The van der Waals surface area contributed by atoms with E-state index in [9.17, 15) is 4.79 Å². The molecule has 0 aliphatic rings. The van der Waals surface area contributed by atoms with Gasteiger partial charge in [-0.2, -0.15) is 0 Å². The third-order valence-electron chi connectivity index (χ3n) is 3.95. The second-order valence-electron chi connectivity index (χ2n) is 6.11. The lowest BCUT2D eigenvalue weighted by Crippen LogP contribution is -2.36. The van der Waals surface area contributed by atoms with E-state index in [1.807, 2.05) is 22.9 Å². The van der Waals surface area contributed by atoms with E-state index in [4.69, 9.17) is 16.3 Å². The highest BCUT2D eigenvalue weighted by Gasteiger charge is 2.16. The largest absolute Gasteiger partial charge is 0.480 e. The van der Waals surface area contributed by atoms with Crippen molar-refractivity contribution in [3.63, 3.8) is 0 Å². The molecule has 1 atom stereocenters. The molecule has 140 valence electrons. The number of hydrogen-bond acceptors (Lipinski definition) is 3. The Hall–Kier alpha value is -2.31. The van der Waals surface area contributed by atoms with Gasteiger partial charge < -0.3 is 14.6 Å². The predicted octanol–water partition coefficient (Wildman–Crippen LogP) is 4.43. The molecule has 3 rings (SSSR count). The third kappa shape index (κ3) is 5.58. The van der Waals surface area contributed by atoms with Crippen molar-refractivity contribution in [1.82, 2.24) is 14.9 Å². The van der Waals surface area contributed by atoms with Gasteiger partial charge in [0, 0.05) is 30.5 Å². The Morgan fingerprint density at radius 2 is 2.11 bits per heavy atom. The number of benzene rings is 2. The lowest BCUT2D eigenvalue weighted by Gasteiger charge is -2.16. The first kappa shape index (κ1) is 19.5. The van der Waals surface area contributed by atoms with Gasteiger partial charge in [-0.15, -0.1) is 0 Å². The summed E-state index contributed by atoms with van der Waals surface area (Å²) in [7, 11) is 0. The highest BCUT2D eigenvalue weighted by atomic mass is 79.9. The van der Waals surface area contributed by atoms with E-state index in [-0.39, 0.29) is 5.91 Å². The third-order valence-corrected chi connectivity index (χ3v) is 4.80. The van der Waals surface area contributed by atoms with Gasteiger partial charge in [-0.05, 0) is 52.2 Å². The number of ether oxygens (including phenoxy) is 1. The molecule has 1 unspecified atom stereocenters. The lowest BCUT2D eigenvalue weighted by molar-refractivity contribution is -0.127. The second kappa shape index (κ2) is 9.06. The summed E-state index contributed by atoms with van der Waals surface area (Å²) in [6, 6.07) is 13.3. The summed E-state index contributed by atoms with van der Waals surface area (Å²) in [5, 5.41) is 3.51. The second-order valence-corrected chi connectivity index (χ2v) is 7.40. The number of halogens is 2. The number of aromatic nitrogens is 2. The maximum Gasteiger partial charge on any atom is 0.261 e. The average molecular weight is 449 g/mol. The van der Waals surface area contributed by atoms with Gasteiger partial charge in [-0.1, -0.05) is 35.9 Å². The normalized spacial score (nSPS) is 11.8. The van der Waals surface area contributed by atoms with Crippen LogP contribution in [0.3, 0.4) is 0 Å². The van der Waals surface area contributed by atoms with Crippen molar-refractivity contribution >= 4 is 33.4 Å². The van der Waals surface area contributed by atoms with Crippen LogP contribution in [0.25, 0.3) is 0 Å². The molecule has 0 bridgehead atoms. The number of rotatable bonds is 7. The standard InChI is InChI=1S/C20H19BrClN3O2/c1-14(27-19-6-5-17(22)10-18(19)21)20(26)24-11-15-3-2-4-16(9-15)12-25-8-7-23-13-25/h2-10,13-14H,11-12H2,1H3,(H,24,26). The van der Waals surface area contributed by atoms with Crippen LogP contribution in [0.15, 0.2) is 65.7 Å². The molecule has 3 aromatic rings. The minimum atomic E-state index is -0.628. The number of nitrogens with zero attached hydrogens (tertiary/aromatic N) is 2. The Balaban J connectivity index is 1.55. The quantitative estimate of drug-likeness (QED) is 0.582. The van der Waals surface area contributed by atoms with E-state index in [1.54, 1.807) is 37.6 Å². The highest BCUT2D eigenvalue weighted by molar-refractivity contribution is 9.10. The number of nitrogens with one attached hydrogen (secondary N) is 1. The maximum absolute atomic E-state index is 12.4. The molecule has 5 nitrogen and oxygen atoms in total. The van der Waals surface area contributed by atoms with Crippen molar-refractivity contribution in [3.05, 3.63) is 81.8 Å². The highest BCUT2D eigenvalue weighted by Crippen LogP contribution is 2.28. The van der Waals surface area contributed by atoms with Crippen LogP contribution in [-0.2, 0) is 17.9 Å². The summed E-state index contributed by atoms with van der Waals surface area (Å²) in [5.74, 6) is 0.390. The predicted molar refractivity (Wildman–Crippen MR) is 109 cm³/mol. The zero-order valence-corrected chi connectivity index (χ0v) is 17.1. The minimum Gasteiger partial charge on any atom is -0.480 e. The lowest BCUT2D eigenvalue weighted by atomic mass is 10.1. The van der Waals surface area contributed by atoms with Crippen LogP contribution >= 0.6 is 27.5 Å². The molecular weight excluding hydrogens is 430 g/mol. The first-order valence-corrected chi connectivity index (χ1v) is 9.61. The summed E-state index contributed by atoms with van der Waals surface area (Å²) in [6.07, 6.45) is 4.83. The first-order valence-electron chi connectivity index (χ1n) is 8.44. The summed E-state index contributed by atoms with van der Waals surface area (Å²) >= 11 is 9.31. The molecule has 27 heavy (non-hydrogen) atoms. The van der Waals surface area contributed by atoms with E-state index in [0.29, 0.717) is 21.8 Å². The molecule has 1 amide bonds. The molecule has 0 fully saturated rings. The fourth-order valence-corrected chi connectivity index (χ4v) is 3.35. The van der Waals surface area contributed by atoms with E-state index in [2.05, 4.69) is 38.4 Å². The fraction of sp³-hybridized carbons (Fsp3) is 0.200. The van der Waals surface area contributed by atoms with E-state index in [1.165, 1.54) is 0 Å². The molecule has 0 spiro atoms. The summed E-state index contributed by atoms with van der Waals surface area (Å²) in [6.45, 7) is 2.89. The summed E-state index contributed by atoms with van der Waals surface area (Å²) < 4.78 is 8.42. The van der Waals surface area contributed by atoms with E-state index >= 15 is 0 Å². The zero-order valence-electron chi connectivity index (χ0n) is 14.7. The summed E-state index contributed by atoms with van der Waals surface area (Å²) in [4.78, 5) is 16.4. The molecule has 0 aliphatic carbocycles. The maximum atomic E-state index is 12.4. The van der Waals surface area contributed by atoms with Gasteiger partial charge in [0.05, 0.1) is 10.8 Å². The number of carbonyl (C=O) groups excluding carboxylic acids is 1. The van der Waals surface area contributed by atoms with Gasteiger partial charge in [0.1, 0.15) is 5.75 Å². The molecule has 0 aliphatic heterocycles. The van der Waals surface area contributed by atoms with Gasteiger partial charge in [0.15, 0.2) is 6.10 Å². The minimum absolute atomic E-state index is 0.183. The van der Waals surface area contributed by atoms with Gasteiger partial charge in [0.2, 0.25) is 0 Å². The topological polar surface area (TPSA) is 56.1 Å². The van der Waals surface area contributed by atoms with Gasteiger partial charge >= 0.3 is 0 Å². The zero-order chi connectivity index (χ0) is 19.2. The molecule has 7 heteroatoms. The Morgan fingerprint density at radius 3 is 2.85 bits per heavy atom. The van der Waals surface area contributed by atoms with Crippen LogP contribution in [0, 0.1) is 0 Å². The first-order chi connectivity index (χ1) is 13.0. The number of hydrogen-bond donors (Lipinski definition) is 1. The van der Waals surface area contributed by atoms with Crippen LogP contribution in [0.2, 0.25) is 5.02 Å². The smallest absolute Gasteiger partial charge is 0.261 e. The Morgan fingerprint density at radius 1 is 1.30 bits per heavy atom. The molecule has 1 aromatic heterocycles. The van der Waals surface area contributed by atoms with Gasteiger partial charge in [-0.25, -0.2) is 4.98 Å². The molecule has 1 N–H and O–H groups in total. The van der Waals surface area contributed by atoms with E-state index in [0.717, 1.165) is 17.7 Å². The molecule has 0 saturated heterocycles. The van der Waals surface area contributed by atoms with Crippen molar-refractivity contribution < 1.29 is 9.53 Å². The fourth-order valence-electron chi connectivity index (χ4n) is 2.58. The van der Waals surface area contributed by atoms with Crippen LogP contribution in [0.4, 0.5) is 0 Å². The molecule has 1 heterocycles. The van der Waals surface area contributed by atoms with Crippen LogP contribution < -0.4 is 10.1 Å². The van der Waals surface area contributed by atoms with E-state index < -0.39 is 6.10 Å². The Labute approximate surface area is 171 Å².